The van der Waals surface area contributed by atoms with E-state index in [1.165, 1.54) is 0 Å². The predicted molar refractivity (Wildman–Crippen MR) is 91.3 cm³/mol. The molecule has 0 spiro atoms. The monoisotopic (exact) mass is 317 g/mol. The van der Waals surface area contributed by atoms with Gasteiger partial charge >= 0.3 is 0 Å². The van der Waals surface area contributed by atoms with Crippen LogP contribution in [0.4, 0.5) is 0 Å². The van der Waals surface area contributed by atoms with Crippen LogP contribution in [0.2, 0.25) is 0 Å². The van der Waals surface area contributed by atoms with E-state index in [-0.39, 0.29) is 17.7 Å². The molecule has 0 bridgehead atoms. The summed E-state index contributed by atoms with van der Waals surface area (Å²) in [5.41, 5.74) is 1.55. The number of carbonyl (C=O) groups is 2. The van der Waals surface area contributed by atoms with Gasteiger partial charge in [0, 0.05) is 12.1 Å². The number of rotatable bonds is 6. The minimum atomic E-state index is -0.462. The normalized spacial score (nSPS) is 16.6. The maximum absolute atomic E-state index is 12.6. The number of amides is 2. The summed E-state index contributed by atoms with van der Waals surface area (Å²) < 4.78 is 0. The third-order valence-electron chi connectivity index (χ3n) is 4.36. The van der Waals surface area contributed by atoms with Crippen LogP contribution in [0.25, 0.3) is 0 Å². The molecule has 23 heavy (non-hydrogen) atoms. The highest BCUT2D eigenvalue weighted by Crippen LogP contribution is 2.18. The molecule has 1 fully saturated rings. The minimum absolute atomic E-state index is 0.0688. The van der Waals surface area contributed by atoms with E-state index in [4.69, 9.17) is 0 Å². The molecule has 0 saturated carbocycles. The van der Waals surface area contributed by atoms with Crippen molar-refractivity contribution in [3.63, 3.8) is 0 Å². The van der Waals surface area contributed by atoms with Crippen LogP contribution in [0.15, 0.2) is 24.3 Å². The van der Waals surface area contributed by atoms with Crippen LogP contribution < -0.4 is 16.0 Å². The van der Waals surface area contributed by atoms with Gasteiger partial charge in [-0.05, 0) is 56.8 Å². The molecule has 1 aromatic rings. The molecule has 0 aromatic heterocycles. The smallest absolute Gasteiger partial charge is 0.252 e. The number of aryl methyl sites for hydroxylation is 1. The standard InChI is InChI=1S/C18H27N3O2/c1-3-10-20-18(23)16(14-8-11-19-12-9-14)21-17(22)15-7-5-4-6-13(15)2/h4-7,14,16,19H,3,8-12H2,1-2H3,(H,20,23)(H,21,22). The van der Waals surface area contributed by atoms with Crippen molar-refractivity contribution in [1.82, 2.24) is 16.0 Å². The molecule has 1 saturated heterocycles. The van der Waals surface area contributed by atoms with Gasteiger partial charge in [-0.15, -0.1) is 0 Å². The van der Waals surface area contributed by atoms with Gasteiger partial charge in [0.25, 0.3) is 5.91 Å². The van der Waals surface area contributed by atoms with Gasteiger partial charge in [-0.3, -0.25) is 9.59 Å². The maximum atomic E-state index is 12.6. The molecule has 2 rings (SSSR count). The van der Waals surface area contributed by atoms with Crippen molar-refractivity contribution >= 4 is 11.8 Å². The lowest BCUT2D eigenvalue weighted by Crippen LogP contribution is -2.53. The Morgan fingerprint density at radius 3 is 2.61 bits per heavy atom. The molecule has 5 heteroatoms. The number of benzene rings is 1. The van der Waals surface area contributed by atoms with E-state index in [1.807, 2.05) is 32.0 Å². The van der Waals surface area contributed by atoms with Crippen LogP contribution >= 0.6 is 0 Å². The number of hydrogen-bond acceptors (Lipinski definition) is 3. The second-order valence-corrected chi connectivity index (χ2v) is 6.14. The molecule has 1 atom stereocenters. The van der Waals surface area contributed by atoms with Crippen LogP contribution in [-0.2, 0) is 4.79 Å². The van der Waals surface area contributed by atoms with E-state index in [0.29, 0.717) is 12.1 Å². The van der Waals surface area contributed by atoms with E-state index in [2.05, 4.69) is 16.0 Å². The molecule has 3 N–H and O–H groups in total. The molecule has 1 aliphatic rings. The van der Waals surface area contributed by atoms with Gasteiger partial charge < -0.3 is 16.0 Å². The molecule has 1 unspecified atom stereocenters. The summed E-state index contributed by atoms with van der Waals surface area (Å²) in [6.45, 7) is 6.35. The van der Waals surface area contributed by atoms with Crippen molar-refractivity contribution in [3.05, 3.63) is 35.4 Å². The Kier molecular flexibility index (Phi) is 6.59. The predicted octanol–water partition coefficient (Wildman–Crippen LogP) is 1.62. The van der Waals surface area contributed by atoms with Crippen molar-refractivity contribution in [3.8, 4) is 0 Å². The topological polar surface area (TPSA) is 70.2 Å². The second kappa shape index (κ2) is 8.67. The average molecular weight is 317 g/mol. The maximum Gasteiger partial charge on any atom is 0.252 e. The summed E-state index contributed by atoms with van der Waals surface area (Å²) in [5.74, 6) is -0.0555. The third kappa shape index (κ3) is 4.79. The van der Waals surface area contributed by atoms with Gasteiger partial charge in [0.05, 0.1) is 0 Å². The van der Waals surface area contributed by atoms with Crippen molar-refractivity contribution in [2.24, 2.45) is 5.92 Å². The Balaban J connectivity index is 2.11. The number of hydrogen-bond donors (Lipinski definition) is 3. The fourth-order valence-electron chi connectivity index (χ4n) is 2.98. The van der Waals surface area contributed by atoms with Crippen molar-refractivity contribution in [2.75, 3.05) is 19.6 Å². The third-order valence-corrected chi connectivity index (χ3v) is 4.36. The van der Waals surface area contributed by atoms with Crippen molar-refractivity contribution < 1.29 is 9.59 Å². The summed E-state index contributed by atoms with van der Waals surface area (Å²) in [6, 6.07) is 7.00. The zero-order chi connectivity index (χ0) is 16.7. The molecular formula is C18H27N3O2. The van der Waals surface area contributed by atoms with Gasteiger partial charge in [-0.1, -0.05) is 25.1 Å². The SMILES string of the molecule is CCCNC(=O)C(NC(=O)c1ccccc1C)C1CCNCC1. The number of nitrogens with one attached hydrogen (secondary N) is 3. The van der Waals surface area contributed by atoms with E-state index >= 15 is 0 Å². The van der Waals surface area contributed by atoms with E-state index in [1.54, 1.807) is 6.07 Å². The molecule has 1 aliphatic heterocycles. The van der Waals surface area contributed by atoms with Gasteiger partial charge in [0.15, 0.2) is 0 Å². The molecule has 1 heterocycles. The van der Waals surface area contributed by atoms with E-state index in [9.17, 15) is 9.59 Å². The lowest BCUT2D eigenvalue weighted by molar-refractivity contribution is -0.124. The first-order valence-electron chi connectivity index (χ1n) is 8.48. The van der Waals surface area contributed by atoms with Gasteiger partial charge in [-0.25, -0.2) is 0 Å². The summed E-state index contributed by atoms with van der Waals surface area (Å²) in [6.07, 6.45) is 2.69. The first kappa shape index (κ1) is 17.5. The molecule has 0 aliphatic carbocycles. The largest absolute Gasteiger partial charge is 0.354 e. The van der Waals surface area contributed by atoms with Gasteiger partial charge in [0.2, 0.25) is 5.91 Å². The molecule has 2 amide bonds. The highest BCUT2D eigenvalue weighted by Gasteiger charge is 2.31. The summed E-state index contributed by atoms with van der Waals surface area (Å²) in [7, 11) is 0. The van der Waals surface area contributed by atoms with Crippen LogP contribution in [0, 0.1) is 12.8 Å². The highest BCUT2D eigenvalue weighted by atomic mass is 16.2. The molecule has 0 radical (unpaired) electrons. The fraction of sp³-hybridized carbons (Fsp3) is 0.556. The zero-order valence-corrected chi connectivity index (χ0v) is 14.0. The molecule has 1 aromatic carbocycles. The molecule has 5 nitrogen and oxygen atoms in total. The summed E-state index contributed by atoms with van der Waals surface area (Å²) >= 11 is 0. The van der Waals surface area contributed by atoms with Crippen LogP contribution in [0.5, 0.6) is 0 Å². The Hall–Kier alpha value is -1.88. The fourth-order valence-corrected chi connectivity index (χ4v) is 2.98. The van der Waals surface area contributed by atoms with E-state index < -0.39 is 6.04 Å². The lowest BCUT2D eigenvalue weighted by Gasteiger charge is -2.30. The second-order valence-electron chi connectivity index (χ2n) is 6.14. The molecular weight excluding hydrogens is 290 g/mol. The van der Waals surface area contributed by atoms with Crippen LogP contribution in [0.1, 0.15) is 42.1 Å². The molecule has 126 valence electrons. The van der Waals surface area contributed by atoms with Crippen LogP contribution in [-0.4, -0.2) is 37.5 Å². The first-order chi connectivity index (χ1) is 11.1. The number of carbonyl (C=O) groups excluding carboxylic acids is 2. The number of piperidine rings is 1. The van der Waals surface area contributed by atoms with Crippen molar-refractivity contribution in [1.29, 1.82) is 0 Å². The quantitative estimate of drug-likeness (QED) is 0.747. The Morgan fingerprint density at radius 2 is 1.96 bits per heavy atom. The van der Waals surface area contributed by atoms with Gasteiger partial charge in [0.1, 0.15) is 6.04 Å². The van der Waals surface area contributed by atoms with E-state index in [0.717, 1.165) is 37.9 Å². The summed E-state index contributed by atoms with van der Waals surface area (Å²) in [4.78, 5) is 25.1. The average Bonchev–Trinajstić information content (AvgIpc) is 2.58. The lowest BCUT2D eigenvalue weighted by atomic mass is 9.89. The Labute approximate surface area is 138 Å². The Morgan fingerprint density at radius 1 is 1.26 bits per heavy atom. The summed E-state index contributed by atoms with van der Waals surface area (Å²) in [5, 5.41) is 9.20. The first-order valence-corrected chi connectivity index (χ1v) is 8.48. The highest BCUT2D eigenvalue weighted by molar-refractivity contribution is 5.98. The van der Waals surface area contributed by atoms with Crippen molar-refractivity contribution in [2.45, 2.75) is 39.2 Å². The minimum Gasteiger partial charge on any atom is -0.354 e. The zero-order valence-electron chi connectivity index (χ0n) is 14.0. The van der Waals surface area contributed by atoms with Gasteiger partial charge in [-0.2, -0.15) is 0 Å². The Bertz CT molecular complexity index is 539. The van der Waals surface area contributed by atoms with Crippen LogP contribution in [0.3, 0.4) is 0 Å².